The van der Waals surface area contributed by atoms with Gasteiger partial charge in [0, 0.05) is 39.0 Å². The van der Waals surface area contributed by atoms with Crippen molar-refractivity contribution in [1.82, 2.24) is 36.4 Å². The van der Waals surface area contributed by atoms with Gasteiger partial charge in [0.2, 0.25) is 23.6 Å². The summed E-state index contributed by atoms with van der Waals surface area (Å²) in [4.78, 5) is 112. The van der Waals surface area contributed by atoms with Crippen molar-refractivity contribution in [3.8, 4) is 0 Å². The molecule has 2 saturated heterocycles. The lowest BCUT2D eigenvalue weighted by Crippen LogP contribution is -2.63. The molecule has 2 fully saturated rings. The molecule has 0 saturated carbocycles. The number of likely N-dealkylation sites (tertiary alicyclic amines) is 2. The quantitative estimate of drug-likeness (QED) is 0.0747. The summed E-state index contributed by atoms with van der Waals surface area (Å²) in [6.45, 7) is 16.0. The van der Waals surface area contributed by atoms with Crippen LogP contribution in [0.4, 0.5) is 14.4 Å². The minimum Gasteiger partial charge on any atom is -0.467 e. The maximum absolute atomic E-state index is 14.8. The molecule has 5 N–H and O–H groups in total. The molecule has 0 spiro atoms. The highest BCUT2D eigenvalue weighted by Crippen LogP contribution is 2.27. The van der Waals surface area contributed by atoms with Crippen molar-refractivity contribution in [2.24, 2.45) is 0 Å². The smallest absolute Gasteiger partial charge is 0.408 e. The second-order valence-electron chi connectivity index (χ2n) is 20.8. The number of nitrogens with zero attached hydrogens (tertiary/aromatic N) is 2. The number of nitrogens with one attached hydrogen (secondary N) is 5. The number of hydrogen-bond acceptors (Lipinski definition) is 12. The van der Waals surface area contributed by atoms with Gasteiger partial charge in [0.25, 0.3) is 0 Å². The Balaban J connectivity index is 1.56. The molecule has 2 aromatic rings. The summed E-state index contributed by atoms with van der Waals surface area (Å²) in [6, 6.07) is 13.8. The fourth-order valence-corrected chi connectivity index (χ4v) is 8.24. The molecule has 2 aromatic carbocycles. The van der Waals surface area contributed by atoms with Crippen molar-refractivity contribution in [2.75, 3.05) is 33.3 Å². The second kappa shape index (κ2) is 24.9. The van der Waals surface area contributed by atoms with Crippen LogP contribution in [0, 0.1) is 0 Å². The Bertz CT molecular complexity index is 2110. The molecule has 0 bridgehead atoms. The van der Waals surface area contributed by atoms with Gasteiger partial charge in [-0.2, -0.15) is 0 Å². The van der Waals surface area contributed by atoms with E-state index in [9.17, 15) is 38.4 Å². The Morgan fingerprint density at radius 1 is 0.629 bits per heavy atom. The standard InChI is InChI=1S/C51H75N7O12/c1-48(2,3)68-45(64)52-28-18-17-24-36(42(61)57-30-26-51(27-31-57,44(63)67-10)56-47(66)70-50(7,8)9)53-41(60)39-25-19-29-58(39)43(62)38(33-35-22-15-12-16-23-35)54-40(59)37(32-34-20-13-11-14-21-34)55-46(65)69-49(4,5)6/h11-16,20-23,36-39H,17-19,24-33H2,1-10H3,(H,52,64)(H,53,60)(H,54,59)(H,55,65)(H,56,66)/t36-,37-,38-,39-/m1/s1. The lowest BCUT2D eigenvalue weighted by molar-refractivity contribution is -0.153. The average molecular weight is 978 g/mol. The lowest BCUT2D eigenvalue weighted by atomic mass is 9.87. The van der Waals surface area contributed by atoms with Gasteiger partial charge in [-0.1, -0.05) is 60.7 Å². The molecule has 2 heterocycles. The number of unbranched alkanes of at least 4 members (excludes halogenated alkanes) is 1. The highest BCUT2D eigenvalue weighted by Gasteiger charge is 2.47. The minimum atomic E-state index is -1.47. The van der Waals surface area contributed by atoms with Crippen LogP contribution in [0.2, 0.25) is 0 Å². The Kier molecular flexibility index (Phi) is 20.0. The summed E-state index contributed by atoms with van der Waals surface area (Å²) in [7, 11) is 1.21. The van der Waals surface area contributed by atoms with Gasteiger partial charge >= 0.3 is 24.2 Å². The van der Waals surface area contributed by atoms with Gasteiger partial charge in [-0.25, -0.2) is 19.2 Å². The summed E-state index contributed by atoms with van der Waals surface area (Å²) in [5.74, 6) is -2.84. The van der Waals surface area contributed by atoms with E-state index in [2.05, 4.69) is 26.6 Å². The third kappa shape index (κ3) is 18.2. The molecule has 70 heavy (non-hydrogen) atoms. The number of piperidine rings is 1. The van der Waals surface area contributed by atoms with Gasteiger partial charge in [0.15, 0.2) is 0 Å². The van der Waals surface area contributed by atoms with E-state index in [1.54, 1.807) is 62.3 Å². The molecule has 2 aliphatic rings. The van der Waals surface area contributed by atoms with E-state index in [1.807, 2.05) is 60.7 Å². The van der Waals surface area contributed by atoms with Crippen LogP contribution < -0.4 is 26.6 Å². The van der Waals surface area contributed by atoms with Crippen molar-refractivity contribution in [2.45, 2.75) is 167 Å². The van der Waals surface area contributed by atoms with Crippen LogP contribution in [-0.4, -0.2) is 137 Å². The molecule has 0 radical (unpaired) electrons. The van der Waals surface area contributed by atoms with Crippen LogP contribution in [0.3, 0.4) is 0 Å². The van der Waals surface area contributed by atoms with Gasteiger partial charge in [-0.15, -0.1) is 0 Å². The van der Waals surface area contributed by atoms with Crippen molar-refractivity contribution < 1.29 is 57.3 Å². The van der Waals surface area contributed by atoms with Crippen molar-refractivity contribution >= 4 is 47.9 Å². The predicted molar refractivity (Wildman–Crippen MR) is 260 cm³/mol. The number of alkyl carbamates (subject to hydrolysis) is 3. The summed E-state index contributed by atoms with van der Waals surface area (Å²) in [6.07, 6.45) is -0.285. The number of carbonyl (C=O) groups excluding carboxylic acids is 8. The number of rotatable bonds is 18. The van der Waals surface area contributed by atoms with E-state index in [0.717, 1.165) is 11.1 Å². The van der Waals surface area contributed by atoms with Crippen LogP contribution in [0.5, 0.6) is 0 Å². The molecule has 2 aliphatic heterocycles. The highest BCUT2D eigenvalue weighted by molar-refractivity contribution is 5.96. The number of amides is 7. The van der Waals surface area contributed by atoms with E-state index >= 15 is 0 Å². The van der Waals surface area contributed by atoms with Crippen molar-refractivity contribution in [3.63, 3.8) is 0 Å². The number of carbonyl (C=O) groups is 8. The van der Waals surface area contributed by atoms with E-state index in [1.165, 1.54) is 16.9 Å². The number of esters is 1. The van der Waals surface area contributed by atoms with Gasteiger partial charge in [-0.3, -0.25) is 19.2 Å². The van der Waals surface area contributed by atoms with Crippen LogP contribution in [0.15, 0.2) is 60.7 Å². The average Bonchev–Trinajstić information content (AvgIpc) is 3.77. The molecule has 19 heteroatoms. The number of benzene rings is 2. The zero-order chi connectivity index (χ0) is 51.9. The topological polar surface area (TPSA) is 240 Å². The molecule has 0 aliphatic carbocycles. The van der Waals surface area contributed by atoms with Crippen LogP contribution in [0.1, 0.15) is 118 Å². The zero-order valence-corrected chi connectivity index (χ0v) is 42.6. The van der Waals surface area contributed by atoms with Gasteiger partial charge in [-0.05, 0) is 118 Å². The molecular formula is C51H75N7O12. The van der Waals surface area contributed by atoms with E-state index < -0.39 is 94.4 Å². The van der Waals surface area contributed by atoms with Crippen molar-refractivity contribution in [3.05, 3.63) is 71.8 Å². The highest BCUT2D eigenvalue weighted by atomic mass is 16.6. The van der Waals surface area contributed by atoms with E-state index in [4.69, 9.17) is 18.9 Å². The van der Waals surface area contributed by atoms with Crippen LogP contribution in [-0.2, 0) is 55.8 Å². The first-order chi connectivity index (χ1) is 32.8. The second-order valence-corrected chi connectivity index (χ2v) is 20.8. The third-order valence-electron chi connectivity index (χ3n) is 11.5. The zero-order valence-electron chi connectivity index (χ0n) is 42.6. The first-order valence-electron chi connectivity index (χ1n) is 24.1. The maximum Gasteiger partial charge on any atom is 0.408 e. The van der Waals surface area contributed by atoms with Crippen molar-refractivity contribution in [1.29, 1.82) is 0 Å². The lowest BCUT2D eigenvalue weighted by Gasteiger charge is -2.41. The summed E-state index contributed by atoms with van der Waals surface area (Å²) in [5.41, 5.74) is -2.34. The summed E-state index contributed by atoms with van der Waals surface area (Å²) in [5, 5.41) is 13.9. The number of methoxy groups -OCH3 is 1. The molecular weight excluding hydrogens is 903 g/mol. The van der Waals surface area contributed by atoms with Gasteiger partial charge in [0.1, 0.15) is 46.5 Å². The monoisotopic (exact) mass is 978 g/mol. The van der Waals surface area contributed by atoms with Crippen LogP contribution in [0.25, 0.3) is 0 Å². The molecule has 386 valence electrons. The summed E-state index contributed by atoms with van der Waals surface area (Å²) >= 11 is 0. The fourth-order valence-electron chi connectivity index (χ4n) is 8.24. The normalized spacial score (nSPS) is 17.1. The fraction of sp³-hybridized carbons (Fsp3) is 0.608. The molecule has 7 amide bonds. The first-order valence-corrected chi connectivity index (χ1v) is 24.1. The number of ether oxygens (including phenoxy) is 4. The molecule has 0 unspecified atom stereocenters. The molecule has 19 nitrogen and oxygen atoms in total. The first kappa shape index (κ1) is 56.2. The summed E-state index contributed by atoms with van der Waals surface area (Å²) < 4.78 is 21.3. The Morgan fingerprint density at radius 3 is 1.70 bits per heavy atom. The Hall–Kier alpha value is -6.40. The maximum atomic E-state index is 14.8. The van der Waals surface area contributed by atoms with Crippen LogP contribution >= 0.6 is 0 Å². The molecule has 4 rings (SSSR count). The third-order valence-corrected chi connectivity index (χ3v) is 11.5. The Labute approximate surface area is 412 Å². The number of hydrogen-bond donors (Lipinski definition) is 5. The largest absolute Gasteiger partial charge is 0.467 e. The van der Waals surface area contributed by atoms with Gasteiger partial charge in [0.05, 0.1) is 7.11 Å². The van der Waals surface area contributed by atoms with Gasteiger partial charge < -0.3 is 55.3 Å². The predicted octanol–water partition coefficient (Wildman–Crippen LogP) is 5.08. The molecule has 4 atom stereocenters. The Morgan fingerprint density at radius 2 is 1.16 bits per heavy atom. The molecule has 0 aromatic heterocycles. The minimum absolute atomic E-state index is 0.00403. The SMILES string of the molecule is COC(=O)C1(NC(=O)OC(C)(C)C)CCN(C(=O)[C@@H](CCCCNC(=O)OC(C)(C)C)NC(=O)[C@H]2CCCN2C(=O)[C@@H](Cc2ccccc2)NC(=O)[C@@H](Cc2ccccc2)NC(=O)OC(C)(C)C)CC1. The van der Waals surface area contributed by atoms with E-state index in [-0.39, 0.29) is 64.7 Å². The van der Waals surface area contributed by atoms with E-state index in [0.29, 0.717) is 19.3 Å².